The molecular formula is C21H20N4O4S. The molecule has 1 N–H and O–H groups in total. The predicted octanol–water partition coefficient (Wildman–Crippen LogP) is 3.38. The van der Waals surface area contributed by atoms with Gasteiger partial charge in [0, 0.05) is 55.3 Å². The smallest absolute Gasteiger partial charge is 0.310 e. The van der Waals surface area contributed by atoms with Gasteiger partial charge >= 0.3 is 5.69 Å². The van der Waals surface area contributed by atoms with Crippen LogP contribution in [0.25, 0.3) is 10.6 Å². The number of phenolic OH excluding ortho intramolecular Hbond substituents is 1. The van der Waals surface area contributed by atoms with Crippen molar-refractivity contribution in [2.45, 2.75) is 6.54 Å². The van der Waals surface area contributed by atoms with Gasteiger partial charge in [-0.1, -0.05) is 30.3 Å². The molecule has 1 aliphatic rings. The van der Waals surface area contributed by atoms with Crippen LogP contribution in [0.5, 0.6) is 5.75 Å². The summed E-state index contributed by atoms with van der Waals surface area (Å²) in [6.45, 7) is 3.24. The van der Waals surface area contributed by atoms with Gasteiger partial charge in [0.25, 0.3) is 5.91 Å². The number of nitro benzene ring substituents is 1. The lowest BCUT2D eigenvalue weighted by Gasteiger charge is -2.34. The van der Waals surface area contributed by atoms with Crippen molar-refractivity contribution in [3.63, 3.8) is 0 Å². The lowest BCUT2D eigenvalue weighted by atomic mass is 10.1. The number of aromatic hydroxyl groups is 1. The summed E-state index contributed by atoms with van der Waals surface area (Å²) < 4.78 is 0. The Labute approximate surface area is 177 Å². The number of thiazole rings is 1. The largest absolute Gasteiger partial charge is 0.502 e. The fourth-order valence-electron chi connectivity index (χ4n) is 3.42. The van der Waals surface area contributed by atoms with E-state index in [0.29, 0.717) is 26.2 Å². The number of carbonyl (C=O) groups excluding carboxylic acids is 1. The lowest BCUT2D eigenvalue weighted by molar-refractivity contribution is -0.385. The molecule has 4 rings (SSSR count). The fourth-order valence-corrected chi connectivity index (χ4v) is 4.24. The molecule has 0 unspecified atom stereocenters. The Morgan fingerprint density at radius 3 is 2.53 bits per heavy atom. The van der Waals surface area contributed by atoms with Crippen molar-refractivity contribution < 1.29 is 14.8 Å². The summed E-state index contributed by atoms with van der Waals surface area (Å²) in [6, 6.07) is 13.8. The third-order valence-electron chi connectivity index (χ3n) is 5.04. The minimum absolute atomic E-state index is 0.236. The Morgan fingerprint density at radius 1 is 1.13 bits per heavy atom. The number of nitrogens with zero attached hydrogens (tertiary/aromatic N) is 4. The van der Waals surface area contributed by atoms with Crippen LogP contribution in [0.1, 0.15) is 16.1 Å². The van der Waals surface area contributed by atoms with E-state index in [1.807, 2.05) is 30.3 Å². The maximum absolute atomic E-state index is 12.7. The number of hydrogen-bond acceptors (Lipinski definition) is 7. The van der Waals surface area contributed by atoms with E-state index in [4.69, 9.17) is 4.98 Å². The molecule has 1 amide bonds. The maximum Gasteiger partial charge on any atom is 0.310 e. The highest BCUT2D eigenvalue weighted by Gasteiger charge is 2.24. The molecule has 1 aromatic heterocycles. The van der Waals surface area contributed by atoms with Crippen molar-refractivity contribution in [3.8, 4) is 16.3 Å². The zero-order valence-corrected chi connectivity index (χ0v) is 16.9. The van der Waals surface area contributed by atoms with Crippen molar-refractivity contribution in [1.82, 2.24) is 14.8 Å². The molecule has 30 heavy (non-hydrogen) atoms. The number of aromatic nitrogens is 1. The number of amides is 1. The van der Waals surface area contributed by atoms with Gasteiger partial charge in [-0.3, -0.25) is 19.8 Å². The second-order valence-corrected chi connectivity index (χ2v) is 7.90. The standard InChI is InChI=1S/C21H20N4O4S/c26-19-12-16(6-7-18(19)25(28)29)21(27)24-10-8-23(9-11-24)13-17-14-30-20(22-17)15-4-2-1-3-5-15/h1-7,12,14,26H,8-11,13H2. The lowest BCUT2D eigenvalue weighted by Crippen LogP contribution is -2.48. The third kappa shape index (κ3) is 4.32. The van der Waals surface area contributed by atoms with E-state index in [1.165, 1.54) is 6.07 Å². The maximum atomic E-state index is 12.7. The Kier molecular flexibility index (Phi) is 5.73. The second kappa shape index (κ2) is 8.60. The number of phenols is 1. The number of hydrogen-bond donors (Lipinski definition) is 1. The first kappa shape index (κ1) is 20.0. The van der Waals surface area contributed by atoms with Crippen molar-refractivity contribution in [3.05, 3.63) is 75.3 Å². The van der Waals surface area contributed by atoms with Crippen LogP contribution in [-0.2, 0) is 6.54 Å². The number of rotatable bonds is 5. The number of benzene rings is 2. The fraction of sp³-hybridized carbons (Fsp3) is 0.238. The first-order valence-corrected chi connectivity index (χ1v) is 10.4. The molecule has 0 saturated carbocycles. The van der Waals surface area contributed by atoms with Crippen molar-refractivity contribution >= 4 is 22.9 Å². The van der Waals surface area contributed by atoms with Crippen LogP contribution in [0.2, 0.25) is 0 Å². The number of nitro groups is 1. The summed E-state index contributed by atoms with van der Waals surface area (Å²) in [6.07, 6.45) is 0. The van der Waals surface area contributed by atoms with Gasteiger partial charge in [-0.15, -0.1) is 11.3 Å². The highest BCUT2D eigenvalue weighted by Crippen LogP contribution is 2.27. The third-order valence-corrected chi connectivity index (χ3v) is 5.98. The monoisotopic (exact) mass is 424 g/mol. The first-order valence-electron chi connectivity index (χ1n) is 9.50. The van der Waals surface area contributed by atoms with E-state index in [0.717, 1.165) is 34.9 Å². The van der Waals surface area contributed by atoms with Crippen molar-refractivity contribution in [2.75, 3.05) is 26.2 Å². The van der Waals surface area contributed by atoms with Gasteiger partial charge in [0.05, 0.1) is 10.6 Å². The Morgan fingerprint density at radius 2 is 1.87 bits per heavy atom. The molecule has 8 nitrogen and oxygen atoms in total. The Balaban J connectivity index is 1.34. The van der Waals surface area contributed by atoms with Gasteiger partial charge in [-0.05, 0) is 12.1 Å². The first-order chi connectivity index (χ1) is 14.5. The molecular weight excluding hydrogens is 404 g/mol. The molecule has 1 saturated heterocycles. The van der Waals surface area contributed by atoms with E-state index >= 15 is 0 Å². The van der Waals surface area contributed by atoms with Gasteiger partial charge in [0.2, 0.25) is 0 Å². The molecule has 0 spiro atoms. The minimum atomic E-state index is -0.677. The normalized spacial score (nSPS) is 14.6. The van der Waals surface area contributed by atoms with Crippen LogP contribution >= 0.6 is 11.3 Å². The molecule has 9 heteroatoms. The molecule has 2 aromatic carbocycles. The Hall–Kier alpha value is -3.30. The van der Waals surface area contributed by atoms with Crippen LogP contribution in [0.3, 0.4) is 0 Å². The van der Waals surface area contributed by atoms with Crippen LogP contribution in [-0.4, -0.2) is 56.9 Å². The Bertz CT molecular complexity index is 1060. The molecule has 3 aromatic rings. The summed E-state index contributed by atoms with van der Waals surface area (Å²) in [5.41, 5.74) is 1.96. The summed E-state index contributed by atoms with van der Waals surface area (Å²) in [5, 5.41) is 23.7. The number of carbonyl (C=O) groups is 1. The van der Waals surface area contributed by atoms with E-state index in [-0.39, 0.29) is 11.5 Å². The topological polar surface area (TPSA) is 99.8 Å². The molecule has 0 atom stereocenters. The van der Waals surface area contributed by atoms with Gasteiger partial charge in [0.15, 0.2) is 5.75 Å². The molecule has 154 valence electrons. The van der Waals surface area contributed by atoms with Crippen molar-refractivity contribution in [1.29, 1.82) is 0 Å². The van der Waals surface area contributed by atoms with Gasteiger partial charge < -0.3 is 10.0 Å². The highest BCUT2D eigenvalue weighted by atomic mass is 32.1. The highest BCUT2D eigenvalue weighted by molar-refractivity contribution is 7.13. The predicted molar refractivity (Wildman–Crippen MR) is 113 cm³/mol. The van der Waals surface area contributed by atoms with E-state index in [1.54, 1.807) is 16.2 Å². The van der Waals surface area contributed by atoms with E-state index in [9.17, 15) is 20.0 Å². The molecule has 1 aliphatic heterocycles. The van der Waals surface area contributed by atoms with E-state index < -0.39 is 16.4 Å². The average molecular weight is 424 g/mol. The number of piperazine rings is 1. The average Bonchev–Trinajstić information content (AvgIpc) is 3.22. The zero-order chi connectivity index (χ0) is 21.1. The molecule has 0 aliphatic carbocycles. The summed E-state index contributed by atoms with van der Waals surface area (Å²) in [5.74, 6) is -0.734. The summed E-state index contributed by atoms with van der Waals surface area (Å²) >= 11 is 1.62. The second-order valence-electron chi connectivity index (χ2n) is 7.04. The van der Waals surface area contributed by atoms with E-state index in [2.05, 4.69) is 10.3 Å². The SMILES string of the molecule is O=C(c1ccc([N+](=O)[O-])c(O)c1)N1CCN(Cc2csc(-c3ccccc3)n2)CC1. The van der Waals surface area contributed by atoms with Gasteiger partial charge in [0.1, 0.15) is 5.01 Å². The van der Waals surface area contributed by atoms with Crippen LogP contribution in [0, 0.1) is 10.1 Å². The zero-order valence-electron chi connectivity index (χ0n) is 16.1. The van der Waals surface area contributed by atoms with Gasteiger partial charge in [-0.25, -0.2) is 4.98 Å². The van der Waals surface area contributed by atoms with Crippen LogP contribution < -0.4 is 0 Å². The quantitative estimate of drug-likeness (QED) is 0.498. The summed E-state index contributed by atoms with van der Waals surface area (Å²) in [7, 11) is 0. The van der Waals surface area contributed by atoms with Crippen LogP contribution in [0.4, 0.5) is 5.69 Å². The summed E-state index contributed by atoms with van der Waals surface area (Å²) in [4.78, 5) is 31.5. The molecule has 0 radical (unpaired) electrons. The van der Waals surface area contributed by atoms with Gasteiger partial charge in [-0.2, -0.15) is 0 Å². The molecule has 0 bridgehead atoms. The minimum Gasteiger partial charge on any atom is -0.502 e. The molecule has 1 fully saturated rings. The van der Waals surface area contributed by atoms with Crippen molar-refractivity contribution in [2.24, 2.45) is 0 Å². The van der Waals surface area contributed by atoms with Crippen LogP contribution in [0.15, 0.2) is 53.9 Å². The molecule has 2 heterocycles.